The minimum absolute atomic E-state index is 0.0302. The number of carboxylic acid groups (broad SMARTS) is 2. The molecule has 2 aromatic carbocycles. The molecule has 8 nitrogen and oxygen atoms in total. The lowest BCUT2D eigenvalue weighted by Gasteiger charge is -2.46. The van der Waals surface area contributed by atoms with E-state index in [0.29, 0.717) is 24.3 Å². The second kappa shape index (κ2) is 13.2. The molecule has 1 amide bonds. The molecule has 0 spiro atoms. The number of fused-ring (bicyclic) bond motifs is 1. The predicted octanol–water partition coefficient (Wildman–Crippen LogP) is 8.06. The van der Waals surface area contributed by atoms with E-state index >= 15 is 0 Å². The van der Waals surface area contributed by atoms with Crippen molar-refractivity contribution in [1.29, 1.82) is 0 Å². The van der Waals surface area contributed by atoms with Gasteiger partial charge in [0.15, 0.2) is 0 Å². The van der Waals surface area contributed by atoms with Gasteiger partial charge in [0.1, 0.15) is 11.4 Å². The van der Waals surface area contributed by atoms with Crippen molar-refractivity contribution in [3.8, 4) is 5.75 Å². The van der Waals surface area contributed by atoms with Crippen molar-refractivity contribution in [1.82, 2.24) is 4.98 Å². The Kier molecular flexibility index (Phi) is 9.96. The van der Waals surface area contributed by atoms with Gasteiger partial charge in [0.05, 0.1) is 40.9 Å². The number of hydrogen-bond acceptors (Lipinski definition) is 5. The standard InChI is InChI=1S/C31H28F9N3O5/c1-2-28(41)14-23(22-13-18(29(32,33)34)5-6-24(22)43(28)27(46)47)26-17(11-21(15-42-26)48-7-3-4-25(44)45)8-16-9-19(30(35,36)37)12-20(10-16)31(38,39)40/h5-6,9-13,15,23H,2-4,7-8,14,41H2,1H3,(H,44,45)(H,46,47)/t23-,28+/m0/s1. The third kappa shape index (κ3) is 7.94. The second-order valence-electron chi connectivity index (χ2n) is 11.3. The number of nitrogens with zero attached hydrogens (tertiary/aromatic N) is 2. The number of alkyl halides is 9. The molecule has 0 unspecified atom stereocenters. The van der Waals surface area contributed by atoms with Gasteiger partial charge < -0.3 is 20.7 Å². The number of carbonyl (C=O) groups is 2. The van der Waals surface area contributed by atoms with Gasteiger partial charge >= 0.3 is 30.6 Å². The zero-order chi connectivity index (χ0) is 35.8. The van der Waals surface area contributed by atoms with Crippen LogP contribution in [0.4, 0.5) is 50.0 Å². The van der Waals surface area contributed by atoms with E-state index in [2.05, 4.69) is 4.98 Å². The third-order valence-corrected chi connectivity index (χ3v) is 7.93. The number of ether oxygens (including phenoxy) is 1. The van der Waals surface area contributed by atoms with Crippen LogP contribution >= 0.6 is 0 Å². The Morgan fingerprint density at radius 2 is 1.54 bits per heavy atom. The van der Waals surface area contributed by atoms with E-state index in [9.17, 15) is 54.2 Å². The van der Waals surface area contributed by atoms with Crippen molar-refractivity contribution >= 4 is 17.7 Å². The van der Waals surface area contributed by atoms with Gasteiger partial charge in [0.25, 0.3) is 0 Å². The number of pyridine rings is 1. The molecular weight excluding hydrogens is 665 g/mol. The molecular formula is C31H28F9N3O5. The molecule has 17 heteroatoms. The first kappa shape index (κ1) is 36.3. The fraction of sp³-hybridized carbons (Fsp3) is 0.387. The van der Waals surface area contributed by atoms with Gasteiger partial charge in [-0.1, -0.05) is 6.92 Å². The van der Waals surface area contributed by atoms with E-state index in [4.69, 9.17) is 15.6 Å². The molecule has 0 bridgehead atoms. The molecule has 0 radical (unpaired) electrons. The summed E-state index contributed by atoms with van der Waals surface area (Å²) >= 11 is 0. The number of rotatable bonds is 9. The van der Waals surface area contributed by atoms with Crippen LogP contribution in [0.2, 0.25) is 0 Å². The molecule has 0 saturated heterocycles. The molecule has 0 fully saturated rings. The minimum Gasteiger partial charge on any atom is -0.492 e. The lowest BCUT2D eigenvalue weighted by atomic mass is 9.77. The van der Waals surface area contributed by atoms with Gasteiger partial charge in [-0.05, 0) is 84.8 Å². The molecule has 2 atom stereocenters. The van der Waals surface area contributed by atoms with E-state index in [-0.39, 0.29) is 66.6 Å². The molecule has 260 valence electrons. The van der Waals surface area contributed by atoms with E-state index in [0.717, 1.165) is 17.2 Å². The number of aromatic nitrogens is 1. The van der Waals surface area contributed by atoms with Crippen LogP contribution in [0.1, 0.15) is 77.6 Å². The first-order chi connectivity index (χ1) is 22.1. The smallest absolute Gasteiger partial charge is 0.416 e. The molecule has 0 aliphatic carbocycles. The lowest BCUT2D eigenvalue weighted by Crippen LogP contribution is -2.61. The first-order valence-corrected chi connectivity index (χ1v) is 14.3. The zero-order valence-corrected chi connectivity index (χ0v) is 24.9. The van der Waals surface area contributed by atoms with Gasteiger partial charge in [-0.15, -0.1) is 0 Å². The van der Waals surface area contributed by atoms with Crippen molar-refractivity contribution in [3.63, 3.8) is 0 Å². The largest absolute Gasteiger partial charge is 0.492 e. The van der Waals surface area contributed by atoms with E-state index in [1.165, 1.54) is 13.0 Å². The van der Waals surface area contributed by atoms with Gasteiger partial charge in [-0.2, -0.15) is 39.5 Å². The summed E-state index contributed by atoms with van der Waals surface area (Å²) in [6.45, 7) is 1.37. The summed E-state index contributed by atoms with van der Waals surface area (Å²) in [4.78, 5) is 28.2. The number of amides is 1. The Morgan fingerprint density at radius 1 is 0.938 bits per heavy atom. The molecule has 0 saturated carbocycles. The number of halogens is 9. The van der Waals surface area contributed by atoms with E-state index in [1.807, 2.05) is 0 Å². The fourth-order valence-electron chi connectivity index (χ4n) is 5.64. The Balaban J connectivity index is 1.94. The van der Waals surface area contributed by atoms with Crippen LogP contribution in [0, 0.1) is 0 Å². The fourth-order valence-corrected chi connectivity index (χ4v) is 5.64. The highest BCUT2D eigenvalue weighted by Crippen LogP contribution is 2.48. The van der Waals surface area contributed by atoms with Gasteiger partial charge in [-0.25, -0.2) is 4.79 Å². The highest BCUT2D eigenvalue weighted by Gasteiger charge is 2.47. The maximum absolute atomic E-state index is 13.8. The molecule has 1 aliphatic heterocycles. The van der Waals surface area contributed by atoms with Crippen LogP contribution in [0.25, 0.3) is 0 Å². The number of benzene rings is 2. The predicted molar refractivity (Wildman–Crippen MR) is 151 cm³/mol. The van der Waals surface area contributed by atoms with E-state index in [1.54, 1.807) is 0 Å². The third-order valence-electron chi connectivity index (χ3n) is 7.93. The molecule has 4 N–H and O–H groups in total. The Hall–Kier alpha value is -4.54. The quantitative estimate of drug-likeness (QED) is 0.153. The van der Waals surface area contributed by atoms with Crippen LogP contribution in [0.5, 0.6) is 5.75 Å². The maximum atomic E-state index is 13.8. The first-order valence-electron chi connectivity index (χ1n) is 14.3. The van der Waals surface area contributed by atoms with Crippen molar-refractivity contribution < 1.29 is 64.1 Å². The summed E-state index contributed by atoms with van der Waals surface area (Å²) in [5.41, 5.74) is -0.538. The number of hydrogen-bond donors (Lipinski definition) is 3. The summed E-state index contributed by atoms with van der Waals surface area (Å²) in [7, 11) is 0. The summed E-state index contributed by atoms with van der Waals surface area (Å²) in [6.07, 6.45) is -16.9. The molecule has 4 rings (SSSR count). The summed E-state index contributed by atoms with van der Waals surface area (Å²) in [6, 6.07) is 4.49. The number of anilines is 1. The SMILES string of the molecule is CC[C@]1(N)C[C@H](c2ncc(OCCCC(=O)O)cc2Cc2cc(C(F)(F)F)cc(C(F)(F)F)c2)c2cc(C(F)(F)F)ccc2N1C(=O)O. The average molecular weight is 694 g/mol. The zero-order valence-electron chi connectivity index (χ0n) is 24.9. The minimum atomic E-state index is -5.16. The Labute approximate surface area is 266 Å². The molecule has 1 aromatic heterocycles. The Bertz CT molecular complexity index is 1660. The van der Waals surface area contributed by atoms with Gasteiger partial charge in [0.2, 0.25) is 0 Å². The topological polar surface area (TPSA) is 126 Å². The molecule has 48 heavy (non-hydrogen) atoms. The lowest BCUT2D eigenvalue weighted by molar-refractivity contribution is -0.143. The molecule has 1 aliphatic rings. The van der Waals surface area contributed by atoms with Crippen LogP contribution < -0.4 is 15.4 Å². The average Bonchev–Trinajstić information content (AvgIpc) is 2.97. The maximum Gasteiger partial charge on any atom is 0.416 e. The monoisotopic (exact) mass is 693 g/mol. The van der Waals surface area contributed by atoms with Crippen LogP contribution in [-0.4, -0.2) is 39.5 Å². The molecule has 3 aromatic rings. The van der Waals surface area contributed by atoms with Gasteiger partial charge in [-0.3, -0.25) is 14.7 Å². The van der Waals surface area contributed by atoms with Gasteiger partial charge in [0, 0.05) is 12.3 Å². The molecule has 2 heterocycles. The number of nitrogens with two attached hydrogens (primary N) is 1. The second-order valence-corrected chi connectivity index (χ2v) is 11.3. The van der Waals surface area contributed by atoms with Crippen molar-refractivity contribution in [2.75, 3.05) is 11.5 Å². The summed E-state index contributed by atoms with van der Waals surface area (Å²) < 4.78 is 129. The highest BCUT2D eigenvalue weighted by molar-refractivity contribution is 5.90. The van der Waals surface area contributed by atoms with Crippen molar-refractivity contribution in [2.45, 2.75) is 69.1 Å². The summed E-state index contributed by atoms with van der Waals surface area (Å²) in [5, 5.41) is 18.9. The number of carboxylic acids is 1. The number of aliphatic carboxylic acids is 1. The van der Waals surface area contributed by atoms with Crippen LogP contribution in [-0.2, 0) is 29.7 Å². The summed E-state index contributed by atoms with van der Waals surface area (Å²) in [5.74, 6) is -2.39. The Morgan fingerprint density at radius 3 is 2.06 bits per heavy atom. The van der Waals surface area contributed by atoms with Crippen LogP contribution in [0.3, 0.4) is 0 Å². The van der Waals surface area contributed by atoms with Crippen molar-refractivity contribution in [3.05, 3.63) is 87.7 Å². The van der Waals surface area contributed by atoms with Crippen molar-refractivity contribution in [2.24, 2.45) is 5.73 Å². The van der Waals surface area contributed by atoms with E-state index < -0.39 is 70.8 Å². The normalized spacial score (nSPS) is 18.4. The van der Waals surface area contributed by atoms with Crippen LogP contribution in [0.15, 0.2) is 48.7 Å². The highest BCUT2D eigenvalue weighted by atomic mass is 19.4.